The lowest BCUT2D eigenvalue weighted by Crippen LogP contribution is -2.38. The quantitative estimate of drug-likeness (QED) is 0.795. The fraction of sp³-hybridized carbons (Fsp3) is 0.545. The third-order valence-corrected chi connectivity index (χ3v) is 2.96. The largest absolute Gasteiger partial charge is 0.481 e. The lowest BCUT2D eigenvalue weighted by molar-refractivity contribution is -0.136. The molecule has 1 aromatic heterocycles. The van der Waals surface area contributed by atoms with Crippen LogP contribution >= 0.6 is 0 Å². The van der Waals surface area contributed by atoms with Gasteiger partial charge in [-0.2, -0.15) is 4.98 Å². The summed E-state index contributed by atoms with van der Waals surface area (Å²) < 4.78 is 0. The molecule has 1 aromatic rings. The summed E-state index contributed by atoms with van der Waals surface area (Å²) in [5.41, 5.74) is 7.38. The third-order valence-electron chi connectivity index (χ3n) is 2.96. The van der Waals surface area contributed by atoms with E-state index in [2.05, 4.69) is 14.9 Å². The molecule has 2 rings (SSSR count). The molecule has 1 saturated heterocycles. The van der Waals surface area contributed by atoms with Gasteiger partial charge in [-0.3, -0.25) is 4.79 Å². The Morgan fingerprint density at radius 2 is 2.18 bits per heavy atom. The molecule has 2 heterocycles. The van der Waals surface area contributed by atoms with Crippen LogP contribution < -0.4 is 10.6 Å². The van der Waals surface area contributed by atoms with Gasteiger partial charge < -0.3 is 15.7 Å². The van der Waals surface area contributed by atoms with Crippen LogP contribution in [0.2, 0.25) is 0 Å². The minimum atomic E-state index is -0.837. The number of aromatic nitrogens is 2. The first kappa shape index (κ1) is 11.6. The number of aliphatic carboxylic acids is 1. The zero-order valence-electron chi connectivity index (χ0n) is 9.81. The minimum absolute atomic E-state index is 0.0530. The van der Waals surface area contributed by atoms with E-state index in [1.165, 1.54) is 0 Å². The summed E-state index contributed by atoms with van der Waals surface area (Å²) in [6, 6.07) is 0. The van der Waals surface area contributed by atoms with Crippen LogP contribution in [0.1, 0.15) is 24.1 Å². The van der Waals surface area contributed by atoms with E-state index in [0.29, 0.717) is 18.2 Å². The van der Waals surface area contributed by atoms with Crippen LogP contribution in [-0.4, -0.2) is 34.1 Å². The van der Waals surface area contributed by atoms with Crippen molar-refractivity contribution < 1.29 is 9.90 Å². The number of carboxylic acids is 1. The molecule has 0 bridgehead atoms. The van der Waals surface area contributed by atoms with Crippen molar-refractivity contribution in [2.75, 3.05) is 23.7 Å². The van der Waals surface area contributed by atoms with Crippen molar-refractivity contribution in [3.63, 3.8) is 0 Å². The Morgan fingerprint density at radius 1 is 1.47 bits per heavy atom. The molecule has 1 aliphatic heterocycles. The average Bonchev–Trinajstić information content (AvgIpc) is 2.12. The maximum atomic E-state index is 10.5. The van der Waals surface area contributed by atoms with Crippen LogP contribution in [0, 0.1) is 6.92 Å². The Labute approximate surface area is 99.5 Å². The Bertz CT molecular complexity index is 420. The standard InChI is InChI=1S/C11H16N4O2/c1-7-8(3-4-9(16)17)10(12)14-11(13-7)15-5-2-6-15/h2-6H2,1H3,(H,16,17)(H2,12,13,14). The molecule has 0 atom stereocenters. The number of anilines is 2. The first-order valence-electron chi connectivity index (χ1n) is 5.67. The lowest BCUT2D eigenvalue weighted by atomic mass is 10.1. The van der Waals surface area contributed by atoms with Gasteiger partial charge in [-0.05, 0) is 19.8 Å². The second-order valence-electron chi connectivity index (χ2n) is 4.21. The summed E-state index contributed by atoms with van der Waals surface area (Å²) in [4.78, 5) is 21.2. The van der Waals surface area contributed by atoms with Crippen molar-refractivity contribution >= 4 is 17.7 Å². The molecule has 0 radical (unpaired) electrons. The molecule has 17 heavy (non-hydrogen) atoms. The average molecular weight is 236 g/mol. The van der Waals surface area contributed by atoms with Gasteiger partial charge in [-0.25, -0.2) is 4.98 Å². The Balaban J connectivity index is 2.19. The highest BCUT2D eigenvalue weighted by Gasteiger charge is 2.19. The van der Waals surface area contributed by atoms with Crippen LogP contribution in [0.25, 0.3) is 0 Å². The van der Waals surface area contributed by atoms with Gasteiger partial charge in [0.05, 0.1) is 0 Å². The van der Waals surface area contributed by atoms with E-state index in [1.807, 2.05) is 6.92 Å². The molecule has 1 aliphatic rings. The molecule has 0 unspecified atom stereocenters. The zero-order valence-corrected chi connectivity index (χ0v) is 9.81. The first-order chi connectivity index (χ1) is 8.08. The fourth-order valence-electron chi connectivity index (χ4n) is 1.80. The zero-order chi connectivity index (χ0) is 12.4. The highest BCUT2D eigenvalue weighted by Crippen LogP contribution is 2.22. The predicted octanol–water partition coefficient (Wildman–Crippen LogP) is 0.595. The van der Waals surface area contributed by atoms with E-state index in [-0.39, 0.29) is 6.42 Å². The van der Waals surface area contributed by atoms with Gasteiger partial charge in [0.15, 0.2) is 0 Å². The summed E-state index contributed by atoms with van der Waals surface area (Å²) in [5.74, 6) is 0.224. The molecular weight excluding hydrogens is 220 g/mol. The molecule has 92 valence electrons. The Kier molecular flexibility index (Phi) is 3.12. The van der Waals surface area contributed by atoms with Crippen molar-refractivity contribution in [3.05, 3.63) is 11.3 Å². The monoisotopic (exact) mass is 236 g/mol. The van der Waals surface area contributed by atoms with Crippen molar-refractivity contribution in [2.24, 2.45) is 0 Å². The number of aryl methyl sites for hydroxylation is 1. The van der Waals surface area contributed by atoms with Crippen molar-refractivity contribution in [3.8, 4) is 0 Å². The van der Waals surface area contributed by atoms with Crippen molar-refractivity contribution in [2.45, 2.75) is 26.2 Å². The maximum Gasteiger partial charge on any atom is 0.303 e. The predicted molar refractivity (Wildman–Crippen MR) is 64.0 cm³/mol. The molecule has 0 spiro atoms. The summed E-state index contributed by atoms with van der Waals surface area (Å²) in [5, 5.41) is 8.66. The maximum absolute atomic E-state index is 10.5. The number of hydrogen-bond acceptors (Lipinski definition) is 5. The van der Waals surface area contributed by atoms with Gasteiger partial charge in [-0.15, -0.1) is 0 Å². The molecule has 0 aliphatic carbocycles. The van der Waals surface area contributed by atoms with E-state index in [9.17, 15) is 4.79 Å². The van der Waals surface area contributed by atoms with Crippen LogP contribution in [0.4, 0.5) is 11.8 Å². The summed E-state index contributed by atoms with van der Waals surface area (Å²) in [6.45, 7) is 3.78. The Hall–Kier alpha value is -1.85. The van der Waals surface area contributed by atoms with Gasteiger partial charge in [0.2, 0.25) is 5.95 Å². The molecule has 0 amide bonds. The smallest absolute Gasteiger partial charge is 0.303 e. The minimum Gasteiger partial charge on any atom is -0.481 e. The molecule has 6 nitrogen and oxygen atoms in total. The van der Waals surface area contributed by atoms with Gasteiger partial charge >= 0.3 is 5.97 Å². The normalized spacial score (nSPS) is 14.5. The van der Waals surface area contributed by atoms with Gasteiger partial charge in [0, 0.05) is 30.8 Å². The van der Waals surface area contributed by atoms with E-state index in [1.54, 1.807) is 0 Å². The number of carbonyl (C=O) groups is 1. The molecule has 1 fully saturated rings. The fourth-order valence-corrected chi connectivity index (χ4v) is 1.80. The van der Waals surface area contributed by atoms with Crippen LogP contribution in [0.15, 0.2) is 0 Å². The number of nitrogens with two attached hydrogens (primary N) is 1. The topological polar surface area (TPSA) is 92.3 Å². The second-order valence-corrected chi connectivity index (χ2v) is 4.21. The third kappa shape index (κ3) is 2.46. The van der Waals surface area contributed by atoms with Crippen LogP contribution in [-0.2, 0) is 11.2 Å². The molecule has 6 heteroatoms. The van der Waals surface area contributed by atoms with E-state index >= 15 is 0 Å². The van der Waals surface area contributed by atoms with Crippen LogP contribution in [0.3, 0.4) is 0 Å². The van der Waals surface area contributed by atoms with Crippen molar-refractivity contribution in [1.82, 2.24) is 9.97 Å². The molecule has 3 N–H and O–H groups in total. The number of hydrogen-bond donors (Lipinski definition) is 2. The van der Waals surface area contributed by atoms with Gasteiger partial charge in [-0.1, -0.05) is 0 Å². The van der Waals surface area contributed by atoms with Gasteiger partial charge in [0.1, 0.15) is 5.82 Å². The number of nitrogens with zero attached hydrogens (tertiary/aromatic N) is 3. The van der Waals surface area contributed by atoms with Crippen LogP contribution in [0.5, 0.6) is 0 Å². The number of carboxylic acid groups (broad SMARTS) is 1. The SMILES string of the molecule is Cc1nc(N2CCC2)nc(N)c1CCC(=O)O. The molecule has 0 aromatic carbocycles. The summed E-state index contributed by atoms with van der Waals surface area (Å²) >= 11 is 0. The summed E-state index contributed by atoms with van der Waals surface area (Å²) in [6.07, 6.45) is 1.59. The first-order valence-corrected chi connectivity index (χ1v) is 5.67. The highest BCUT2D eigenvalue weighted by atomic mass is 16.4. The van der Waals surface area contributed by atoms with E-state index in [4.69, 9.17) is 10.8 Å². The second kappa shape index (κ2) is 4.57. The summed E-state index contributed by atoms with van der Waals surface area (Å²) in [7, 11) is 0. The van der Waals surface area contributed by atoms with Gasteiger partial charge in [0.25, 0.3) is 0 Å². The van der Waals surface area contributed by atoms with Crippen molar-refractivity contribution in [1.29, 1.82) is 0 Å². The molecular formula is C11H16N4O2. The molecule has 0 saturated carbocycles. The Morgan fingerprint density at radius 3 is 2.65 bits per heavy atom. The number of nitrogen functional groups attached to an aromatic ring is 1. The highest BCUT2D eigenvalue weighted by molar-refractivity contribution is 5.67. The van der Waals surface area contributed by atoms with E-state index in [0.717, 1.165) is 30.8 Å². The number of rotatable bonds is 4. The van der Waals surface area contributed by atoms with E-state index < -0.39 is 5.97 Å². The lowest BCUT2D eigenvalue weighted by Gasteiger charge is -2.31.